The smallest absolute Gasteiger partial charge is 0.303 e. The van der Waals surface area contributed by atoms with Gasteiger partial charge in [0.15, 0.2) is 5.78 Å². The zero-order valence-corrected chi connectivity index (χ0v) is 10.4. The van der Waals surface area contributed by atoms with Gasteiger partial charge in [0.1, 0.15) is 0 Å². The van der Waals surface area contributed by atoms with Crippen molar-refractivity contribution in [3.8, 4) is 0 Å². The molecule has 0 spiro atoms. The van der Waals surface area contributed by atoms with Crippen LogP contribution in [-0.2, 0) is 4.79 Å². The summed E-state index contributed by atoms with van der Waals surface area (Å²) < 4.78 is 0. The first-order valence-corrected chi connectivity index (χ1v) is 6.14. The predicted molar refractivity (Wildman–Crippen MR) is 64.2 cm³/mol. The van der Waals surface area contributed by atoms with E-state index in [1.807, 2.05) is 19.9 Å². The third-order valence-electron chi connectivity index (χ3n) is 2.39. The Bertz CT molecular complexity index is 393. The number of hydrogen-bond acceptors (Lipinski definition) is 3. The summed E-state index contributed by atoms with van der Waals surface area (Å²) in [4.78, 5) is 24.3. The lowest BCUT2D eigenvalue weighted by Crippen LogP contribution is -2.00. The fraction of sp³-hybridized carbons (Fsp3) is 0.500. The van der Waals surface area contributed by atoms with Gasteiger partial charge in [0, 0.05) is 28.2 Å². The summed E-state index contributed by atoms with van der Waals surface area (Å²) in [5.41, 5.74) is 0.804. The predicted octanol–water partition coefficient (Wildman–Crippen LogP) is 3.19. The highest BCUT2D eigenvalue weighted by Crippen LogP contribution is 2.22. The fourth-order valence-electron chi connectivity index (χ4n) is 1.60. The lowest BCUT2D eigenvalue weighted by atomic mass is 10.1. The molecule has 88 valence electrons. The van der Waals surface area contributed by atoms with Gasteiger partial charge in [-0.25, -0.2) is 0 Å². The highest BCUT2D eigenvalue weighted by molar-refractivity contribution is 7.12. The zero-order chi connectivity index (χ0) is 12.1. The molecule has 0 aliphatic rings. The Labute approximate surface area is 99.1 Å². The molecule has 16 heavy (non-hydrogen) atoms. The molecule has 1 aromatic heterocycles. The minimum Gasteiger partial charge on any atom is -0.481 e. The Kier molecular flexibility index (Phi) is 4.68. The molecular weight excluding hydrogens is 224 g/mol. The molecule has 0 aromatic carbocycles. The molecule has 0 amide bonds. The van der Waals surface area contributed by atoms with Crippen LogP contribution in [0.15, 0.2) is 6.07 Å². The topological polar surface area (TPSA) is 54.4 Å². The van der Waals surface area contributed by atoms with Gasteiger partial charge in [-0.2, -0.15) is 0 Å². The SMILES string of the molecule is Cc1cc(C(=O)CCCCC(=O)O)c(C)s1. The molecule has 0 unspecified atom stereocenters. The van der Waals surface area contributed by atoms with Crippen molar-refractivity contribution in [2.24, 2.45) is 0 Å². The zero-order valence-electron chi connectivity index (χ0n) is 9.58. The molecule has 1 rings (SSSR count). The number of rotatable bonds is 6. The van der Waals surface area contributed by atoms with E-state index in [1.54, 1.807) is 11.3 Å². The van der Waals surface area contributed by atoms with Crippen molar-refractivity contribution in [3.05, 3.63) is 21.4 Å². The first kappa shape index (κ1) is 12.9. The number of carbonyl (C=O) groups excluding carboxylic acids is 1. The summed E-state index contributed by atoms with van der Waals surface area (Å²) in [7, 11) is 0. The van der Waals surface area contributed by atoms with Crippen LogP contribution in [0.4, 0.5) is 0 Å². The van der Waals surface area contributed by atoms with Gasteiger partial charge in [-0.05, 0) is 32.8 Å². The first-order chi connectivity index (χ1) is 7.50. The molecule has 1 aromatic rings. The van der Waals surface area contributed by atoms with Crippen LogP contribution < -0.4 is 0 Å². The number of aryl methyl sites for hydroxylation is 2. The summed E-state index contributed by atoms with van der Waals surface area (Å²) in [6.45, 7) is 3.93. The van der Waals surface area contributed by atoms with Crippen molar-refractivity contribution >= 4 is 23.1 Å². The Balaban J connectivity index is 2.41. The average molecular weight is 240 g/mol. The van der Waals surface area contributed by atoms with Crippen molar-refractivity contribution in [2.75, 3.05) is 0 Å². The normalized spacial score (nSPS) is 10.4. The van der Waals surface area contributed by atoms with Crippen molar-refractivity contribution < 1.29 is 14.7 Å². The van der Waals surface area contributed by atoms with Gasteiger partial charge >= 0.3 is 5.97 Å². The summed E-state index contributed by atoms with van der Waals surface area (Å²) in [5.74, 6) is -0.665. The Hall–Kier alpha value is -1.16. The van der Waals surface area contributed by atoms with Crippen LogP contribution in [0.2, 0.25) is 0 Å². The molecule has 1 heterocycles. The number of carboxylic acid groups (broad SMARTS) is 1. The molecule has 0 radical (unpaired) electrons. The summed E-state index contributed by atoms with van der Waals surface area (Å²) in [5, 5.41) is 8.46. The molecule has 3 nitrogen and oxygen atoms in total. The van der Waals surface area contributed by atoms with E-state index >= 15 is 0 Å². The average Bonchev–Trinajstić information content (AvgIpc) is 2.52. The Morgan fingerprint density at radius 2 is 1.88 bits per heavy atom. The van der Waals surface area contributed by atoms with Crippen molar-refractivity contribution in [2.45, 2.75) is 39.5 Å². The summed E-state index contributed by atoms with van der Waals surface area (Å²) in [6.07, 6.45) is 1.82. The molecule has 0 atom stereocenters. The van der Waals surface area contributed by atoms with Gasteiger partial charge in [0.2, 0.25) is 0 Å². The molecule has 0 saturated carbocycles. The molecule has 1 N–H and O–H groups in total. The Morgan fingerprint density at radius 3 is 2.38 bits per heavy atom. The summed E-state index contributed by atoms with van der Waals surface area (Å²) >= 11 is 1.63. The molecule has 0 aliphatic heterocycles. The maximum Gasteiger partial charge on any atom is 0.303 e. The first-order valence-electron chi connectivity index (χ1n) is 5.32. The van der Waals surface area contributed by atoms with Crippen LogP contribution in [0.1, 0.15) is 45.8 Å². The second kappa shape index (κ2) is 5.80. The third-order valence-corrected chi connectivity index (χ3v) is 3.35. The van der Waals surface area contributed by atoms with Crippen LogP contribution in [0.3, 0.4) is 0 Å². The summed E-state index contributed by atoms with van der Waals surface area (Å²) in [6, 6.07) is 1.92. The van der Waals surface area contributed by atoms with Crippen LogP contribution in [0.25, 0.3) is 0 Å². The van der Waals surface area contributed by atoms with Crippen LogP contribution in [-0.4, -0.2) is 16.9 Å². The van der Waals surface area contributed by atoms with Gasteiger partial charge in [-0.1, -0.05) is 0 Å². The highest BCUT2D eigenvalue weighted by Gasteiger charge is 2.11. The molecule has 4 heteroatoms. The van der Waals surface area contributed by atoms with E-state index in [9.17, 15) is 9.59 Å². The molecule has 0 bridgehead atoms. The van der Waals surface area contributed by atoms with Gasteiger partial charge in [0.25, 0.3) is 0 Å². The van der Waals surface area contributed by atoms with E-state index in [0.29, 0.717) is 19.3 Å². The number of ketones is 1. The van der Waals surface area contributed by atoms with E-state index in [4.69, 9.17) is 5.11 Å². The number of thiophene rings is 1. The molecular formula is C12H16O3S. The fourth-order valence-corrected chi connectivity index (χ4v) is 2.55. The molecule has 0 fully saturated rings. The number of unbranched alkanes of at least 4 members (excludes halogenated alkanes) is 1. The van der Waals surface area contributed by atoms with Crippen molar-refractivity contribution in [1.29, 1.82) is 0 Å². The van der Waals surface area contributed by atoms with Gasteiger partial charge in [0.05, 0.1) is 0 Å². The second-order valence-corrected chi connectivity index (χ2v) is 5.31. The number of hydrogen-bond donors (Lipinski definition) is 1. The van der Waals surface area contributed by atoms with Crippen molar-refractivity contribution in [1.82, 2.24) is 0 Å². The van der Waals surface area contributed by atoms with Crippen LogP contribution >= 0.6 is 11.3 Å². The largest absolute Gasteiger partial charge is 0.481 e. The molecule has 0 saturated heterocycles. The van der Waals surface area contributed by atoms with Crippen LogP contribution in [0, 0.1) is 13.8 Å². The number of aliphatic carboxylic acids is 1. The van der Waals surface area contributed by atoms with E-state index in [1.165, 1.54) is 0 Å². The standard InChI is InChI=1S/C12H16O3S/c1-8-7-10(9(2)16-8)11(13)5-3-4-6-12(14)15/h7H,3-6H2,1-2H3,(H,14,15). The van der Waals surface area contributed by atoms with Crippen LogP contribution in [0.5, 0.6) is 0 Å². The van der Waals surface area contributed by atoms with Gasteiger partial charge in [-0.3, -0.25) is 9.59 Å². The number of carbonyl (C=O) groups is 2. The lowest BCUT2D eigenvalue weighted by Gasteiger charge is -1.99. The van der Waals surface area contributed by atoms with Gasteiger partial charge < -0.3 is 5.11 Å². The minimum atomic E-state index is -0.796. The van der Waals surface area contributed by atoms with Gasteiger partial charge in [-0.15, -0.1) is 11.3 Å². The lowest BCUT2D eigenvalue weighted by molar-refractivity contribution is -0.137. The van der Waals surface area contributed by atoms with E-state index in [2.05, 4.69) is 0 Å². The third kappa shape index (κ3) is 3.77. The van der Waals surface area contributed by atoms with E-state index < -0.39 is 5.97 Å². The number of carboxylic acids is 1. The maximum atomic E-state index is 11.8. The quantitative estimate of drug-likeness (QED) is 0.613. The number of Topliss-reactive ketones (excluding diaryl/α,β-unsaturated/α-hetero) is 1. The maximum absolute atomic E-state index is 11.8. The van der Waals surface area contributed by atoms with E-state index in [0.717, 1.165) is 15.3 Å². The van der Waals surface area contributed by atoms with Crippen molar-refractivity contribution in [3.63, 3.8) is 0 Å². The highest BCUT2D eigenvalue weighted by atomic mass is 32.1. The monoisotopic (exact) mass is 240 g/mol. The van der Waals surface area contributed by atoms with E-state index in [-0.39, 0.29) is 12.2 Å². The molecule has 0 aliphatic carbocycles. The minimum absolute atomic E-state index is 0.132. The second-order valence-electron chi connectivity index (χ2n) is 3.85. The Morgan fingerprint density at radius 1 is 1.25 bits per heavy atom.